The molecule has 0 aliphatic heterocycles. The van der Waals surface area contributed by atoms with Crippen LogP contribution in [0.3, 0.4) is 0 Å². The predicted molar refractivity (Wildman–Crippen MR) is 219 cm³/mol. The number of carboxylic acid groups (broad SMARTS) is 1. The van der Waals surface area contributed by atoms with Crippen molar-refractivity contribution in [3.8, 4) is 22.6 Å². The van der Waals surface area contributed by atoms with Crippen LogP contribution in [0.4, 0.5) is 10.5 Å². The molecular formula is C43H48ClN5O7. The summed E-state index contributed by atoms with van der Waals surface area (Å²) in [5.74, 6) is 0.0331. The number of hydrogen-bond acceptors (Lipinski definition) is 8. The number of aliphatic hydroxyl groups excluding tert-OH is 1. The number of amides is 2. The van der Waals surface area contributed by atoms with Crippen LogP contribution in [0.5, 0.6) is 11.5 Å². The summed E-state index contributed by atoms with van der Waals surface area (Å²) < 4.78 is 5.58. The highest BCUT2D eigenvalue weighted by atomic mass is 35.5. The highest BCUT2D eigenvalue weighted by molar-refractivity contribution is 6.34. The Hall–Kier alpha value is -5.40. The minimum atomic E-state index is -0.972. The van der Waals surface area contributed by atoms with E-state index in [4.69, 9.17) is 22.1 Å². The van der Waals surface area contributed by atoms with Crippen LogP contribution in [0.25, 0.3) is 22.0 Å². The van der Waals surface area contributed by atoms with Gasteiger partial charge in [-0.1, -0.05) is 60.1 Å². The Bertz CT molecular complexity index is 2220. The molecule has 0 spiro atoms. The van der Waals surface area contributed by atoms with Gasteiger partial charge in [0.05, 0.1) is 35.0 Å². The molecule has 0 bridgehead atoms. The van der Waals surface area contributed by atoms with Crippen molar-refractivity contribution >= 4 is 40.2 Å². The topological polar surface area (TPSA) is 190 Å². The van der Waals surface area contributed by atoms with E-state index in [9.17, 15) is 29.7 Å². The minimum Gasteiger partial charge on any atom is -0.506 e. The fourth-order valence-electron chi connectivity index (χ4n) is 7.46. The smallest absolute Gasteiger partial charge is 0.412 e. The van der Waals surface area contributed by atoms with Gasteiger partial charge in [0.25, 0.3) is 5.91 Å². The molecule has 6 rings (SSSR count). The zero-order valence-corrected chi connectivity index (χ0v) is 32.0. The van der Waals surface area contributed by atoms with Crippen LogP contribution < -0.4 is 31.6 Å². The number of nitrogens with two attached hydrogens (primary N) is 1. The Morgan fingerprint density at radius 2 is 1.77 bits per heavy atom. The Balaban J connectivity index is 1.04. The number of carbonyl (C=O) groups is 2. The zero-order chi connectivity index (χ0) is 39.8. The Kier molecular flexibility index (Phi) is 13.3. The molecular weight excluding hydrogens is 734 g/mol. The number of H-pyrrole nitrogens is 1. The van der Waals surface area contributed by atoms with Crippen molar-refractivity contribution in [1.82, 2.24) is 15.6 Å². The third kappa shape index (κ3) is 9.51. The van der Waals surface area contributed by atoms with Crippen molar-refractivity contribution < 1.29 is 29.6 Å². The maximum absolute atomic E-state index is 13.2. The van der Waals surface area contributed by atoms with Gasteiger partial charge in [-0.15, -0.1) is 0 Å². The molecule has 1 aromatic heterocycles. The molecule has 1 saturated carbocycles. The quantitative estimate of drug-likeness (QED) is 0.0555. The number of hydrogen-bond donors (Lipinski definition) is 7. The van der Waals surface area contributed by atoms with Crippen molar-refractivity contribution in [1.29, 1.82) is 0 Å². The van der Waals surface area contributed by atoms with Crippen LogP contribution in [-0.2, 0) is 13.0 Å². The lowest BCUT2D eigenvalue weighted by Crippen LogP contribution is -2.44. The van der Waals surface area contributed by atoms with Gasteiger partial charge < -0.3 is 41.4 Å². The number of fused-ring (bicyclic) bond motifs is 1. The van der Waals surface area contributed by atoms with E-state index in [1.165, 1.54) is 24.1 Å². The standard InChI is InChI=1S/C43H48ClN5O7/c1-56-39-23-34(35(44)22-28(39)24-46-25-38(51)32-16-18-37(50)41-33(32)17-19-40(52)48-41)42(53)47-20-6-5-7-26-10-15-31(27-8-3-2-4-9-27)36(21-26)49(43(54)55)30-13-11-29(45)12-14-30/h2-4,8-10,15-19,21-23,29-30,38,46,50-51H,5-7,11-14,20,24-25,45H2,1H3,(H,47,53)(H,48,52)(H,54,55)/t29-,30-,38-/m0/s1. The van der Waals surface area contributed by atoms with Crippen LogP contribution in [0.2, 0.25) is 5.02 Å². The molecule has 2 amide bonds. The van der Waals surface area contributed by atoms with E-state index in [0.29, 0.717) is 47.3 Å². The summed E-state index contributed by atoms with van der Waals surface area (Å²) in [7, 11) is 1.50. The lowest BCUT2D eigenvalue weighted by Gasteiger charge is -2.35. The maximum atomic E-state index is 13.2. The van der Waals surface area contributed by atoms with Gasteiger partial charge in [-0.3, -0.25) is 14.5 Å². The number of ether oxygens (including phenoxy) is 1. The summed E-state index contributed by atoms with van der Waals surface area (Å²) in [5, 5.41) is 38.4. The number of halogens is 1. The number of rotatable bonds is 15. The van der Waals surface area contributed by atoms with Crippen molar-refractivity contribution in [2.75, 3.05) is 25.1 Å². The molecule has 1 fully saturated rings. The number of nitrogens with one attached hydrogen (secondary N) is 3. The number of nitrogens with zero attached hydrogens (tertiary/aromatic N) is 1. The van der Waals surface area contributed by atoms with Crippen LogP contribution >= 0.6 is 11.6 Å². The molecule has 8 N–H and O–H groups in total. The number of phenols is 1. The molecule has 0 radical (unpaired) electrons. The SMILES string of the molecule is COc1cc(C(=O)NCCCCc2ccc(-c3ccccc3)c(N(C(=O)O)[C@H]3CC[C@H](N)CC3)c2)c(Cl)cc1CNC[C@H](O)c1ccc(O)c2[nH]c(=O)ccc12. The highest BCUT2D eigenvalue weighted by Gasteiger charge is 2.31. The van der Waals surface area contributed by atoms with E-state index < -0.39 is 12.2 Å². The number of pyridine rings is 1. The molecule has 56 heavy (non-hydrogen) atoms. The first-order valence-electron chi connectivity index (χ1n) is 18.9. The van der Waals surface area contributed by atoms with E-state index in [0.717, 1.165) is 48.8 Å². The predicted octanol–water partition coefficient (Wildman–Crippen LogP) is 6.89. The van der Waals surface area contributed by atoms with Gasteiger partial charge in [0, 0.05) is 54.3 Å². The highest BCUT2D eigenvalue weighted by Crippen LogP contribution is 2.37. The van der Waals surface area contributed by atoms with E-state index in [-0.39, 0.29) is 58.5 Å². The number of benzene rings is 4. The number of methoxy groups -OCH3 is 1. The van der Waals surface area contributed by atoms with Gasteiger partial charge in [0.2, 0.25) is 5.56 Å². The van der Waals surface area contributed by atoms with Crippen LogP contribution in [-0.4, -0.2) is 64.6 Å². The van der Waals surface area contributed by atoms with E-state index in [1.807, 2.05) is 48.5 Å². The molecule has 1 aliphatic rings. The van der Waals surface area contributed by atoms with E-state index in [1.54, 1.807) is 24.3 Å². The summed E-state index contributed by atoms with van der Waals surface area (Å²) in [6, 6.07) is 25.0. The normalized spacial score (nSPS) is 16.0. The summed E-state index contributed by atoms with van der Waals surface area (Å²) in [6.07, 6.45) is 3.25. The zero-order valence-electron chi connectivity index (χ0n) is 31.3. The second-order valence-corrected chi connectivity index (χ2v) is 14.6. The summed E-state index contributed by atoms with van der Waals surface area (Å²) in [6.45, 7) is 0.840. The number of aromatic nitrogens is 1. The largest absolute Gasteiger partial charge is 0.506 e. The summed E-state index contributed by atoms with van der Waals surface area (Å²) >= 11 is 6.59. The maximum Gasteiger partial charge on any atom is 0.412 e. The Labute approximate surface area is 330 Å². The van der Waals surface area contributed by atoms with Gasteiger partial charge in [0.15, 0.2) is 0 Å². The number of aryl methyl sites for hydroxylation is 1. The minimum absolute atomic E-state index is 0.0870. The van der Waals surface area contributed by atoms with Gasteiger partial charge in [-0.2, -0.15) is 0 Å². The number of carbonyl (C=O) groups excluding carboxylic acids is 1. The molecule has 294 valence electrons. The first-order chi connectivity index (χ1) is 27.0. The summed E-state index contributed by atoms with van der Waals surface area (Å²) in [4.78, 5) is 41.8. The number of phenolic OH excluding ortho intramolecular Hbond substituents is 1. The van der Waals surface area contributed by atoms with Crippen molar-refractivity contribution in [3.63, 3.8) is 0 Å². The fraction of sp³-hybridized carbons (Fsp3) is 0.326. The van der Waals surface area contributed by atoms with Crippen LogP contribution in [0, 0.1) is 0 Å². The Morgan fingerprint density at radius 3 is 2.50 bits per heavy atom. The molecule has 1 heterocycles. The number of aromatic hydroxyl groups is 1. The van der Waals surface area contributed by atoms with Gasteiger partial charge in [-0.25, -0.2) is 4.79 Å². The van der Waals surface area contributed by atoms with Crippen LogP contribution in [0.1, 0.15) is 71.7 Å². The first-order valence-corrected chi connectivity index (χ1v) is 19.3. The lowest BCUT2D eigenvalue weighted by atomic mass is 9.89. The fourth-order valence-corrected chi connectivity index (χ4v) is 7.73. The lowest BCUT2D eigenvalue weighted by molar-refractivity contribution is 0.0952. The van der Waals surface area contributed by atoms with Gasteiger partial charge in [-0.05, 0) is 92.0 Å². The van der Waals surface area contributed by atoms with E-state index in [2.05, 4.69) is 15.6 Å². The third-order valence-electron chi connectivity index (χ3n) is 10.4. The molecule has 4 aromatic carbocycles. The molecule has 0 saturated heterocycles. The second-order valence-electron chi connectivity index (χ2n) is 14.2. The molecule has 12 nitrogen and oxygen atoms in total. The Morgan fingerprint density at radius 1 is 1.00 bits per heavy atom. The molecule has 13 heteroatoms. The number of aromatic amines is 1. The number of unbranched alkanes of at least 4 members (excludes halogenated alkanes) is 1. The second kappa shape index (κ2) is 18.5. The summed E-state index contributed by atoms with van der Waals surface area (Å²) in [5.41, 5.74) is 11.1. The monoisotopic (exact) mass is 781 g/mol. The first kappa shape index (κ1) is 40.3. The van der Waals surface area contributed by atoms with Crippen LogP contribution in [0.15, 0.2) is 89.7 Å². The molecule has 5 aromatic rings. The van der Waals surface area contributed by atoms with E-state index >= 15 is 0 Å². The average Bonchev–Trinajstić information content (AvgIpc) is 3.19. The average molecular weight is 782 g/mol. The molecule has 0 unspecified atom stereocenters. The van der Waals surface area contributed by atoms with Gasteiger partial charge in [0.1, 0.15) is 11.5 Å². The van der Waals surface area contributed by atoms with Crippen molar-refractivity contribution in [2.24, 2.45) is 5.73 Å². The number of anilines is 1. The molecule has 1 aliphatic carbocycles. The van der Waals surface area contributed by atoms with Gasteiger partial charge >= 0.3 is 6.09 Å². The third-order valence-corrected chi connectivity index (χ3v) is 10.7. The van der Waals surface area contributed by atoms with Crippen molar-refractivity contribution in [2.45, 2.75) is 69.7 Å². The number of aliphatic hydroxyl groups is 1. The van der Waals surface area contributed by atoms with Crippen molar-refractivity contribution in [3.05, 3.63) is 123 Å². The molecule has 1 atom stereocenters.